The number of ether oxygens (including phenoxy) is 1. The van der Waals surface area contributed by atoms with E-state index in [2.05, 4.69) is 32.6 Å². The number of methoxy groups -OCH3 is 1. The Morgan fingerprint density at radius 2 is 2.21 bits per heavy atom. The standard InChI is InChI=1S/C12H15N5O2/c1-7(8-5-13-6-8)12-14-11(17-19-12)9-3-4-10(18-2)16-15-9/h3-4,7-8,13H,5-6H2,1-2H3. The zero-order chi connectivity index (χ0) is 13.2. The Bertz CT molecular complexity index is 550. The number of hydrogen-bond acceptors (Lipinski definition) is 7. The van der Waals surface area contributed by atoms with Gasteiger partial charge in [-0.25, -0.2) is 0 Å². The molecule has 1 unspecified atom stereocenters. The van der Waals surface area contributed by atoms with E-state index in [1.165, 1.54) is 0 Å². The second-order valence-electron chi connectivity index (χ2n) is 4.62. The van der Waals surface area contributed by atoms with Crippen molar-refractivity contribution in [1.29, 1.82) is 0 Å². The Kier molecular flexibility index (Phi) is 3.12. The topological polar surface area (TPSA) is 86.0 Å². The van der Waals surface area contributed by atoms with Crippen molar-refractivity contribution in [2.24, 2.45) is 5.92 Å². The van der Waals surface area contributed by atoms with Gasteiger partial charge in [-0.05, 0) is 25.1 Å². The Hall–Kier alpha value is -2.02. The normalized spacial score (nSPS) is 16.9. The van der Waals surface area contributed by atoms with Gasteiger partial charge in [0.15, 0.2) is 0 Å². The van der Waals surface area contributed by atoms with Crippen molar-refractivity contribution in [3.8, 4) is 17.4 Å². The molecule has 2 aromatic rings. The van der Waals surface area contributed by atoms with Crippen molar-refractivity contribution in [1.82, 2.24) is 25.7 Å². The van der Waals surface area contributed by atoms with Crippen LogP contribution in [0, 0.1) is 5.92 Å². The first-order chi connectivity index (χ1) is 9.28. The summed E-state index contributed by atoms with van der Waals surface area (Å²) < 4.78 is 10.3. The first-order valence-corrected chi connectivity index (χ1v) is 6.20. The number of hydrogen-bond donors (Lipinski definition) is 1. The molecule has 0 spiro atoms. The molecule has 2 aromatic heterocycles. The van der Waals surface area contributed by atoms with E-state index >= 15 is 0 Å². The molecule has 0 amide bonds. The van der Waals surface area contributed by atoms with E-state index in [1.54, 1.807) is 19.2 Å². The van der Waals surface area contributed by atoms with Crippen molar-refractivity contribution < 1.29 is 9.26 Å². The molecule has 3 rings (SSSR count). The summed E-state index contributed by atoms with van der Waals surface area (Å²) in [5, 5.41) is 15.1. The summed E-state index contributed by atoms with van der Waals surface area (Å²) in [5.74, 6) is 2.40. The Morgan fingerprint density at radius 1 is 1.37 bits per heavy atom. The van der Waals surface area contributed by atoms with E-state index in [4.69, 9.17) is 9.26 Å². The minimum Gasteiger partial charge on any atom is -0.480 e. The lowest BCUT2D eigenvalue weighted by Crippen LogP contribution is -2.44. The van der Waals surface area contributed by atoms with Crippen LogP contribution in [0.2, 0.25) is 0 Å². The van der Waals surface area contributed by atoms with Gasteiger partial charge in [-0.1, -0.05) is 12.1 Å². The lowest BCUT2D eigenvalue weighted by Gasteiger charge is -2.30. The zero-order valence-electron chi connectivity index (χ0n) is 10.8. The molecular formula is C12H15N5O2. The molecule has 0 radical (unpaired) electrons. The smallest absolute Gasteiger partial charge is 0.233 e. The molecule has 1 aliphatic rings. The fraction of sp³-hybridized carbons (Fsp3) is 0.500. The Morgan fingerprint density at radius 3 is 2.79 bits per heavy atom. The fourth-order valence-corrected chi connectivity index (χ4v) is 1.94. The van der Waals surface area contributed by atoms with E-state index in [9.17, 15) is 0 Å². The quantitative estimate of drug-likeness (QED) is 0.873. The van der Waals surface area contributed by atoms with Gasteiger partial charge in [-0.2, -0.15) is 4.98 Å². The average molecular weight is 261 g/mol. The third-order valence-corrected chi connectivity index (χ3v) is 3.43. The average Bonchev–Trinajstić information content (AvgIpc) is 2.86. The lowest BCUT2D eigenvalue weighted by atomic mass is 9.89. The van der Waals surface area contributed by atoms with Gasteiger partial charge in [0.1, 0.15) is 5.69 Å². The van der Waals surface area contributed by atoms with Gasteiger partial charge >= 0.3 is 0 Å². The molecule has 7 heteroatoms. The molecule has 3 heterocycles. The van der Waals surface area contributed by atoms with Gasteiger partial charge in [0, 0.05) is 12.0 Å². The van der Waals surface area contributed by atoms with Crippen LogP contribution in [0.25, 0.3) is 11.5 Å². The molecule has 1 atom stereocenters. The third kappa shape index (κ3) is 2.28. The summed E-state index contributed by atoms with van der Waals surface area (Å²) >= 11 is 0. The van der Waals surface area contributed by atoms with Crippen molar-refractivity contribution >= 4 is 0 Å². The highest BCUT2D eigenvalue weighted by Gasteiger charge is 2.29. The van der Waals surface area contributed by atoms with Crippen molar-refractivity contribution in [2.75, 3.05) is 20.2 Å². The second-order valence-corrected chi connectivity index (χ2v) is 4.62. The first-order valence-electron chi connectivity index (χ1n) is 6.20. The Balaban J connectivity index is 1.79. The summed E-state index contributed by atoms with van der Waals surface area (Å²) in [7, 11) is 1.55. The molecule has 1 fully saturated rings. The van der Waals surface area contributed by atoms with Crippen LogP contribution in [0.3, 0.4) is 0 Å². The van der Waals surface area contributed by atoms with Crippen LogP contribution >= 0.6 is 0 Å². The van der Waals surface area contributed by atoms with E-state index < -0.39 is 0 Å². The van der Waals surface area contributed by atoms with Crippen molar-refractivity contribution in [3.05, 3.63) is 18.0 Å². The number of aromatic nitrogens is 4. The van der Waals surface area contributed by atoms with E-state index in [1.807, 2.05) is 0 Å². The van der Waals surface area contributed by atoms with Crippen LogP contribution in [0.5, 0.6) is 5.88 Å². The number of nitrogens with one attached hydrogen (secondary N) is 1. The van der Waals surface area contributed by atoms with Gasteiger partial charge in [0.25, 0.3) is 0 Å². The highest BCUT2D eigenvalue weighted by molar-refractivity contribution is 5.47. The predicted octanol–water partition coefficient (Wildman–Crippen LogP) is 0.858. The molecule has 0 aromatic carbocycles. The van der Waals surface area contributed by atoms with Crippen LogP contribution < -0.4 is 10.1 Å². The van der Waals surface area contributed by atoms with E-state index in [0.29, 0.717) is 29.2 Å². The largest absolute Gasteiger partial charge is 0.480 e. The molecule has 1 aliphatic heterocycles. The monoisotopic (exact) mass is 261 g/mol. The molecule has 1 N–H and O–H groups in total. The summed E-state index contributed by atoms with van der Waals surface area (Å²) in [5.41, 5.74) is 0.578. The summed E-state index contributed by atoms with van der Waals surface area (Å²) in [6.07, 6.45) is 0. The van der Waals surface area contributed by atoms with Crippen LogP contribution in [0.4, 0.5) is 0 Å². The fourth-order valence-electron chi connectivity index (χ4n) is 1.94. The van der Waals surface area contributed by atoms with E-state index in [-0.39, 0.29) is 5.92 Å². The molecule has 0 aliphatic carbocycles. The summed E-state index contributed by atoms with van der Waals surface area (Å²) in [6.45, 7) is 4.10. The first kappa shape index (κ1) is 12.0. The van der Waals surface area contributed by atoms with Crippen molar-refractivity contribution in [2.45, 2.75) is 12.8 Å². The molecular weight excluding hydrogens is 246 g/mol. The maximum Gasteiger partial charge on any atom is 0.233 e. The molecule has 100 valence electrons. The molecule has 19 heavy (non-hydrogen) atoms. The highest BCUT2D eigenvalue weighted by Crippen LogP contribution is 2.27. The van der Waals surface area contributed by atoms with Gasteiger partial charge in [0.05, 0.1) is 7.11 Å². The third-order valence-electron chi connectivity index (χ3n) is 3.43. The van der Waals surface area contributed by atoms with Crippen LogP contribution in [-0.4, -0.2) is 40.5 Å². The maximum absolute atomic E-state index is 5.31. The van der Waals surface area contributed by atoms with Crippen LogP contribution in [-0.2, 0) is 0 Å². The molecule has 0 saturated carbocycles. The number of nitrogens with zero attached hydrogens (tertiary/aromatic N) is 4. The van der Waals surface area contributed by atoms with Crippen molar-refractivity contribution in [3.63, 3.8) is 0 Å². The van der Waals surface area contributed by atoms with Gasteiger partial charge in [-0.15, -0.1) is 10.2 Å². The highest BCUT2D eigenvalue weighted by atomic mass is 16.5. The SMILES string of the molecule is COc1ccc(-c2noc(C(C)C3CNC3)n2)nn1. The maximum atomic E-state index is 5.31. The predicted molar refractivity (Wildman–Crippen MR) is 66.7 cm³/mol. The van der Waals surface area contributed by atoms with Crippen LogP contribution in [0.1, 0.15) is 18.7 Å². The Labute approximate surface area is 110 Å². The van der Waals surface area contributed by atoms with E-state index in [0.717, 1.165) is 13.1 Å². The van der Waals surface area contributed by atoms with Gasteiger partial charge < -0.3 is 14.6 Å². The molecule has 7 nitrogen and oxygen atoms in total. The minimum absolute atomic E-state index is 0.258. The minimum atomic E-state index is 0.258. The zero-order valence-corrected chi connectivity index (χ0v) is 10.8. The lowest BCUT2D eigenvalue weighted by molar-refractivity contribution is 0.252. The second kappa shape index (κ2) is 4.93. The van der Waals surface area contributed by atoms with Crippen LogP contribution in [0.15, 0.2) is 16.7 Å². The van der Waals surface area contributed by atoms with Gasteiger partial charge in [-0.3, -0.25) is 0 Å². The van der Waals surface area contributed by atoms with Gasteiger partial charge in [0.2, 0.25) is 17.6 Å². The molecule has 1 saturated heterocycles. The number of rotatable bonds is 4. The summed E-state index contributed by atoms with van der Waals surface area (Å²) in [6, 6.07) is 3.48. The molecule has 0 bridgehead atoms. The summed E-state index contributed by atoms with van der Waals surface area (Å²) in [4.78, 5) is 4.39.